The van der Waals surface area contributed by atoms with E-state index in [-0.39, 0.29) is 16.3 Å². The minimum atomic E-state index is -0.0191. The summed E-state index contributed by atoms with van der Waals surface area (Å²) >= 11 is 1.81. The summed E-state index contributed by atoms with van der Waals surface area (Å²) in [5, 5.41) is 0.888. The van der Waals surface area contributed by atoms with Crippen LogP contribution >= 0.6 is 11.3 Å². The minimum absolute atomic E-state index is 0.0191. The maximum absolute atomic E-state index is 12.8. The molecular weight excluding hydrogens is 252 g/mol. The second kappa shape index (κ2) is 3.92. The smallest absolute Gasteiger partial charge is 0.192 e. The molecule has 2 heteroatoms. The molecule has 0 radical (unpaired) electrons. The van der Waals surface area contributed by atoms with E-state index >= 15 is 0 Å². The van der Waals surface area contributed by atoms with Crippen molar-refractivity contribution >= 4 is 21.4 Å². The van der Waals surface area contributed by atoms with Gasteiger partial charge in [0.1, 0.15) is 0 Å². The van der Waals surface area contributed by atoms with Crippen molar-refractivity contribution < 1.29 is 0 Å². The average Bonchev–Trinajstić information content (AvgIpc) is 2.25. The Labute approximate surface area is 118 Å². The van der Waals surface area contributed by atoms with Gasteiger partial charge in [-0.25, -0.2) is 0 Å². The Morgan fingerprint density at radius 3 is 2.53 bits per heavy atom. The molecule has 0 saturated carbocycles. The fourth-order valence-electron chi connectivity index (χ4n) is 3.78. The maximum atomic E-state index is 12.8. The van der Waals surface area contributed by atoms with E-state index in [9.17, 15) is 4.79 Å². The zero-order valence-electron chi connectivity index (χ0n) is 12.0. The largest absolute Gasteiger partial charge is 0.289 e. The van der Waals surface area contributed by atoms with E-state index in [1.165, 1.54) is 4.88 Å². The third kappa shape index (κ3) is 2.02. The number of fused-ring (bicyclic) bond motifs is 2. The van der Waals surface area contributed by atoms with Gasteiger partial charge in [0.2, 0.25) is 0 Å². The van der Waals surface area contributed by atoms with Gasteiger partial charge in [-0.3, -0.25) is 4.79 Å². The SMILES string of the molecule is CC1(C)Cc2sc3ccccc3c(=O)c2C(C)(C)C1. The number of hydrogen-bond donors (Lipinski definition) is 0. The summed E-state index contributed by atoms with van der Waals surface area (Å²) in [6.07, 6.45) is 2.10. The van der Waals surface area contributed by atoms with Gasteiger partial charge < -0.3 is 0 Å². The normalized spacial score (nSPS) is 20.2. The molecule has 0 amide bonds. The number of benzene rings is 1. The number of hydrogen-bond acceptors (Lipinski definition) is 2. The Kier molecular flexibility index (Phi) is 2.66. The molecule has 0 unspecified atom stereocenters. The van der Waals surface area contributed by atoms with Crippen molar-refractivity contribution in [3.63, 3.8) is 0 Å². The molecule has 1 aliphatic rings. The molecule has 1 heterocycles. The van der Waals surface area contributed by atoms with E-state index in [2.05, 4.69) is 33.8 Å². The lowest BCUT2D eigenvalue weighted by Gasteiger charge is -2.41. The van der Waals surface area contributed by atoms with E-state index in [1.54, 1.807) is 0 Å². The van der Waals surface area contributed by atoms with Gasteiger partial charge in [-0.05, 0) is 35.8 Å². The summed E-state index contributed by atoms with van der Waals surface area (Å²) in [7, 11) is 0. The van der Waals surface area contributed by atoms with Crippen LogP contribution < -0.4 is 5.43 Å². The van der Waals surface area contributed by atoms with Gasteiger partial charge in [-0.2, -0.15) is 0 Å². The van der Waals surface area contributed by atoms with Gasteiger partial charge in [-0.1, -0.05) is 39.8 Å². The van der Waals surface area contributed by atoms with E-state index < -0.39 is 0 Å². The van der Waals surface area contributed by atoms with Crippen LogP contribution in [0.25, 0.3) is 10.1 Å². The summed E-state index contributed by atoms with van der Waals surface area (Å²) < 4.78 is 1.12. The lowest BCUT2D eigenvalue weighted by atomic mass is 9.65. The molecule has 3 rings (SSSR count). The van der Waals surface area contributed by atoms with Gasteiger partial charge in [0.05, 0.1) is 0 Å². The van der Waals surface area contributed by atoms with Crippen LogP contribution in [0, 0.1) is 5.41 Å². The van der Waals surface area contributed by atoms with Crippen LogP contribution in [-0.4, -0.2) is 0 Å². The molecule has 0 fully saturated rings. The first-order chi connectivity index (χ1) is 8.80. The van der Waals surface area contributed by atoms with Crippen LogP contribution in [0.3, 0.4) is 0 Å². The summed E-state index contributed by atoms with van der Waals surface area (Å²) in [6, 6.07) is 8.01. The Hall–Kier alpha value is -1.15. The fraction of sp³-hybridized carbons (Fsp3) is 0.471. The summed E-state index contributed by atoms with van der Waals surface area (Å²) in [5.74, 6) is 0. The van der Waals surface area contributed by atoms with Crippen LogP contribution in [0.2, 0.25) is 0 Å². The topological polar surface area (TPSA) is 17.1 Å². The third-order valence-electron chi connectivity index (χ3n) is 4.11. The Bertz CT molecular complexity index is 707. The summed E-state index contributed by atoms with van der Waals surface area (Å²) in [6.45, 7) is 9.05. The highest BCUT2D eigenvalue weighted by atomic mass is 32.1. The van der Waals surface area contributed by atoms with Crippen molar-refractivity contribution in [1.82, 2.24) is 0 Å². The standard InChI is InChI=1S/C17H20OS/c1-16(2)9-13-14(17(3,4)10-16)15(18)11-7-5-6-8-12(11)19-13/h5-8H,9-10H2,1-4H3. The van der Waals surface area contributed by atoms with E-state index in [4.69, 9.17) is 0 Å². The second-order valence-corrected chi connectivity index (χ2v) is 8.26. The van der Waals surface area contributed by atoms with Crippen molar-refractivity contribution in [2.75, 3.05) is 0 Å². The molecule has 0 N–H and O–H groups in total. The van der Waals surface area contributed by atoms with E-state index in [1.807, 2.05) is 29.5 Å². The minimum Gasteiger partial charge on any atom is -0.289 e. The quantitative estimate of drug-likeness (QED) is 0.689. The van der Waals surface area contributed by atoms with Crippen LogP contribution in [0.15, 0.2) is 29.1 Å². The van der Waals surface area contributed by atoms with Gasteiger partial charge in [0.25, 0.3) is 0 Å². The highest BCUT2D eigenvalue weighted by Crippen LogP contribution is 2.46. The molecule has 0 bridgehead atoms. The van der Waals surface area contributed by atoms with E-state index in [0.717, 1.165) is 28.5 Å². The molecule has 2 aromatic rings. The van der Waals surface area contributed by atoms with E-state index in [0.29, 0.717) is 0 Å². The first kappa shape index (κ1) is 12.9. The molecule has 0 spiro atoms. The Morgan fingerprint density at radius 2 is 1.79 bits per heavy atom. The number of rotatable bonds is 0. The predicted octanol–water partition coefficient (Wildman–Crippen LogP) is 4.51. The Balaban J connectivity index is 2.39. The van der Waals surface area contributed by atoms with Gasteiger partial charge in [0.15, 0.2) is 5.43 Å². The lowest BCUT2D eigenvalue weighted by molar-refractivity contribution is 0.233. The molecule has 1 aliphatic carbocycles. The molecule has 19 heavy (non-hydrogen) atoms. The molecule has 0 atom stereocenters. The van der Waals surface area contributed by atoms with Crippen molar-refractivity contribution in [2.45, 2.75) is 46.0 Å². The average molecular weight is 272 g/mol. The first-order valence-corrected chi connectivity index (χ1v) is 7.67. The highest BCUT2D eigenvalue weighted by molar-refractivity contribution is 7.18. The zero-order chi connectivity index (χ0) is 13.8. The lowest BCUT2D eigenvalue weighted by Crippen LogP contribution is -2.38. The molecule has 0 aliphatic heterocycles. The second-order valence-electron chi connectivity index (χ2n) is 7.13. The van der Waals surface area contributed by atoms with Crippen molar-refractivity contribution in [2.24, 2.45) is 5.41 Å². The molecular formula is C17H20OS. The van der Waals surface area contributed by atoms with Crippen molar-refractivity contribution in [1.29, 1.82) is 0 Å². The Morgan fingerprint density at radius 1 is 1.11 bits per heavy atom. The van der Waals surface area contributed by atoms with Crippen LogP contribution in [-0.2, 0) is 11.8 Å². The van der Waals surface area contributed by atoms with Crippen molar-refractivity contribution in [3.8, 4) is 0 Å². The van der Waals surface area contributed by atoms with Crippen LogP contribution in [0.1, 0.15) is 44.6 Å². The molecule has 1 aromatic carbocycles. The summed E-state index contributed by atoms with van der Waals surface area (Å²) in [5.41, 5.74) is 1.58. The first-order valence-electron chi connectivity index (χ1n) is 6.85. The maximum Gasteiger partial charge on any atom is 0.192 e. The van der Waals surface area contributed by atoms with Crippen molar-refractivity contribution in [3.05, 3.63) is 44.9 Å². The fourth-order valence-corrected chi connectivity index (χ4v) is 5.40. The van der Waals surface area contributed by atoms with Crippen LogP contribution in [0.5, 0.6) is 0 Å². The molecule has 1 aromatic heterocycles. The van der Waals surface area contributed by atoms with Gasteiger partial charge >= 0.3 is 0 Å². The third-order valence-corrected chi connectivity index (χ3v) is 5.28. The predicted molar refractivity (Wildman–Crippen MR) is 83.2 cm³/mol. The van der Waals surface area contributed by atoms with Gasteiger partial charge in [-0.15, -0.1) is 11.3 Å². The van der Waals surface area contributed by atoms with Crippen LogP contribution in [0.4, 0.5) is 0 Å². The molecule has 100 valence electrons. The van der Waals surface area contributed by atoms with Gasteiger partial charge in [0, 0.05) is 20.5 Å². The molecule has 1 nitrogen and oxygen atoms in total. The zero-order valence-corrected chi connectivity index (χ0v) is 12.9. The molecule has 0 saturated heterocycles. The highest BCUT2D eigenvalue weighted by Gasteiger charge is 2.39. The summed E-state index contributed by atoms with van der Waals surface area (Å²) in [4.78, 5) is 14.1. The monoisotopic (exact) mass is 272 g/mol.